The van der Waals surface area contributed by atoms with E-state index < -0.39 is 0 Å². The Labute approximate surface area is 124 Å². The van der Waals surface area contributed by atoms with Crippen LogP contribution in [0.2, 0.25) is 0 Å². The number of anilines is 1. The summed E-state index contributed by atoms with van der Waals surface area (Å²) >= 11 is 1.28. The number of amides is 2. The Hall–Kier alpha value is -1.43. The summed E-state index contributed by atoms with van der Waals surface area (Å²) < 4.78 is 0. The molecule has 2 amide bonds. The maximum absolute atomic E-state index is 12.1. The molecule has 0 aliphatic carbocycles. The van der Waals surface area contributed by atoms with E-state index in [1.165, 1.54) is 11.3 Å². The minimum absolute atomic E-state index is 0.0658. The molecule has 0 aromatic carbocycles. The normalized spacial score (nSPS) is 10.9. The van der Waals surface area contributed by atoms with E-state index in [4.69, 9.17) is 0 Å². The number of rotatable bonds is 6. The maximum atomic E-state index is 12.1. The van der Waals surface area contributed by atoms with Gasteiger partial charge < -0.3 is 10.2 Å². The molecule has 0 saturated heterocycles. The van der Waals surface area contributed by atoms with Gasteiger partial charge in [-0.2, -0.15) is 0 Å². The van der Waals surface area contributed by atoms with Crippen molar-refractivity contribution in [3.8, 4) is 0 Å². The summed E-state index contributed by atoms with van der Waals surface area (Å²) in [4.78, 5) is 29.6. The van der Waals surface area contributed by atoms with Crippen molar-refractivity contribution < 1.29 is 9.59 Å². The van der Waals surface area contributed by atoms with Crippen molar-refractivity contribution in [1.29, 1.82) is 0 Å². The van der Waals surface area contributed by atoms with Crippen molar-refractivity contribution in [2.75, 3.05) is 18.9 Å². The van der Waals surface area contributed by atoms with E-state index in [1.54, 1.807) is 17.3 Å². The van der Waals surface area contributed by atoms with Crippen molar-refractivity contribution in [3.05, 3.63) is 11.1 Å². The van der Waals surface area contributed by atoms with Gasteiger partial charge in [0.15, 0.2) is 5.13 Å². The van der Waals surface area contributed by atoms with E-state index in [0.717, 1.165) is 0 Å². The summed E-state index contributed by atoms with van der Waals surface area (Å²) in [5.41, 5.74) is 0.387. The van der Waals surface area contributed by atoms with Crippen molar-refractivity contribution >= 4 is 28.3 Å². The van der Waals surface area contributed by atoms with Gasteiger partial charge in [0, 0.05) is 25.4 Å². The molecular weight excluding hydrogens is 274 g/mol. The average molecular weight is 297 g/mol. The van der Waals surface area contributed by atoms with Crippen LogP contribution in [0, 0.1) is 11.8 Å². The van der Waals surface area contributed by atoms with Crippen LogP contribution in [0.15, 0.2) is 5.38 Å². The molecule has 6 heteroatoms. The molecule has 0 aliphatic heterocycles. The van der Waals surface area contributed by atoms with E-state index in [9.17, 15) is 9.59 Å². The molecule has 0 atom stereocenters. The van der Waals surface area contributed by atoms with Crippen molar-refractivity contribution in [1.82, 2.24) is 9.88 Å². The summed E-state index contributed by atoms with van der Waals surface area (Å²) in [5.74, 6) is 0.532. The van der Waals surface area contributed by atoms with Gasteiger partial charge in [0.1, 0.15) is 5.69 Å². The zero-order valence-electron chi connectivity index (χ0n) is 12.8. The van der Waals surface area contributed by atoms with Gasteiger partial charge in [-0.3, -0.25) is 9.59 Å². The van der Waals surface area contributed by atoms with E-state index in [-0.39, 0.29) is 11.8 Å². The summed E-state index contributed by atoms with van der Waals surface area (Å²) in [5, 5.41) is 4.89. The van der Waals surface area contributed by atoms with Crippen molar-refractivity contribution in [3.63, 3.8) is 0 Å². The highest BCUT2D eigenvalue weighted by molar-refractivity contribution is 7.14. The molecule has 1 aromatic heterocycles. The number of thiazole rings is 1. The standard InChI is InChI=1S/C14H23N3O2S/c1-9(2)6-12(18)16-14-15-11(8-20-14)13(19)17(5)7-10(3)4/h8-10H,6-7H2,1-5H3,(H,15,16,18). The van der Waals surface area contributed by atoms with Gasteiger partial charge in [0.2, 0.25) is 5.91 Å². The first-order valence-corrected chi connectivity index (χ1v) is 7.68. The molecule has 0 radical (unpaired) electrons. The topological polar surface area (TPSA) is 62.3 Å². The first kappa shape index (κ1) is 16.6. The second kappa shape index (κ2) is 7.38. The largest absolute Gasteiger partial charge is 0.340 e. The zero-order valence-corrected chi connectivity index (χ0v) is 13.6. The molecule has 0 fully saturated rings. The Morgan fingerprint density at radius 3 is 2.50 bits per heavy atom. The third-order valence-corrected chi connectivity index (χ3v) is 3.31. The molecule has 112 valence electrons. The van der Waals surface area contributed by atoms with E-state index in [0.29, 0.717) is 35.6 Å². The van der Waals surface area contributed by atoms with Gasteiger partial charge in [-0.25, -0.2) is 4.98 Å². The lowest BCUT2D eigenvalue weighted by Crippen LogP contribution is -2.30. The Kier molecular flexibility index (Phi) is 6.13. The molecular formula is C14H23N3O2S. The molecule has 1 aromatic rings. The van der Waals surface area contributed by atoms with E-state index >= 15 is 0 Å². The second-order valence-electron chi connectivity index (χ2n) is 5.76. The Bertz CT molecular complexity index is 469. The first-order valence-electron chi connectivity index (χ1n) is 6.80. The lowest BCUT2D eigenvalue weighted by Gasteiger charge is -2.17. The highest BCUT2D eigenvalue weighted by Gasteiger charge is 2.17. The van der Waals surface area contributed by atoms with Gasteiger partial charge in [-0.1, -0.05) is 27.7 Å². The van der Waals surface area contributed by atoms with Crippen LogP contribution in [-0.2, 0) is 4.79 Å². The SMILES string of the molecule is CC(C)CC(=O)Nc1nc(C(=O)N(C)CC(C)C)cs1. The van der Waals surface area contributed by atoms with Crippen LogP contribution in [0.3, 0.4) is 0 Å². The summed E-state index contributed by atoms with van der Waals surface area (Å²) in [6, 6.07) is 0. The number of hydrogen-bond donors (Lipinski definition) is 1. The van der Waals surface area contributed by atoms with Crippen LogP contribution in [0.4, 0.5) is 5.13 Å². The quantitative estimate of drug-likeness (QED) is 0.878. The third kappa shape index (κ3) is 5.28. The number of hydrogen-bond acceptors (Lipinski definition) is 4. The second-order valence-corrected chi connectivity index (χ2v) is 6.62. The molecule has 1 rings (SSSR count). The predicted molar refractivity (Wildman–Crippen MR) is 82.0 cm³/mol. The summed E-state index contributed by atoms with van der Waals surface area (Å²) in [7, 11) is 1.76. The monoisotopic (exact) mass is 297 g/mol. The minimum Gasteiger partial charge on any atom is -0.340 e. The lowest BCUT2D eigenvalue weighted by molar-refractivity contribution is -0.116. The van der Waals surface area contributed by atoms with Crippen LogP contribution < -0.4 is 5.32 Å². The van der Waals surface area contributed by atoms with Gasteiger partial charge in [0.05, 0.1) is 0 Å². The van der Waals surface area contributed by atoms with E-state index in [1.807, 2.05) is 13.8 Å². The van der Waals surface area contributed by atoms with Gasteiger partial charge >= 0.3 is 0 Å². The molecule has 0 aliphatic rings. The zero-order chi connectivity index (χ0) is 15.3. The molecule has 1 N–H and O–H groups in total. The average Bonchev–Trinajstić information content (AvgIpc) is 2.74. The number of carbonyl (C=O) groups is 2. The molecule has 1 heterocycles. The van der Waals surface area contributed by atoms with Crippen LogP contribution in [0.25, 0.3) is 0 Å². The molecule has 0 saturated carbocycles. The smallest absolute Gasteiger partial charge is 0.273 e. The number of aromatic nitrogens is 1. The summed E-state index contributed by atoms with van der Waals surface area (Å²) in [6.45, 7) is 8.77. The maximum Gasteiger partial charge on any atom is 0.273 e. The Balaban J connectivity index is 2.63. The fourth-order valence-electron chi connectivity index (χ4n) is 1.80. The van der Waals surface area contributed by atoms with Crippen LogP contribution in [0.1, 0.15) is 44.6 Å². The molecule has 0 unspecified atom stereocenters. The van der Waals surface area contributed by atoms with Crippen LogP contribution in [0.5, 0.6) is 0 Å². The van der Waals surface area contributed by atoms with Crippen molar-refractivity contribution in [2.24, 2.45) is 11.8 Å². The number of carbonyl (C=O) groups excluding carboxylic acids is 2. The summed E-state index contributed by atoms with van der Waals surface area (Å²) in [6.07, 6.45) is 0.454. The fourth-order valence-corrected chi connectivity index (χ4v) is 2.50. The first-order chi connectivity index (χ1) is 9.29. The van der Waals surface area contributed by atoms with Gasteiger partial charge in [-0.05, 0) is 11.8 Å². The third-order valence-electron chi connectivity index (χ3n) is 2.55. The van der Waals surface area contributed by atoms with E-state index in [2.05, 4.69) is 24.1 Å². The highest BCUT2D eigenvalue weighted by Crippen LogP contribution is 2.17. The fraction of sp³-hybridized carbons (Fsp3) is 0.643. The van der Waals surface area contributed by atoms with Gasteiger partial charge in [0.25, 0.3) is 5.91 Å². The van der Waals surface area contributed by atoms with Crippen LogP contribution >= 0.6 is 11.3 Å². The Morgan fingerprint density at radius 2 is 1.95 bits per heavy atom. The molecule has 20 heavy (non-hydrogen) atoms. The highest BCUT2D eigenvalue weighted by atomic mass is 32.1. The molecule has 5 nitrogen and oxygen atoms in total. The van der Waals surface area contributed by atoms with Crippen molar-refractivity contribution in [2.45, 2.75) is 34.1 Å². The van der Waals surface area contributed by atoms with Gasteiger partial charge in [-0.15, -0.1) is 11.3 Å². The number of nitrogens with zero attached hydrogens (tertiary/aromatic N) is 2. The predicted octanol–water partition coefficient (Wildman–Crippen LogP) is 2.86. The van der Waals surface area contributed by atoms with Crippen LogP contribution in [-0.4, -0.2) is 35.3 Å². The minimum atomic E-state index is -0.112. The lowest BCUT2D eigenvalue weighted by atomic mass is 10.1. The Morgan fingerprint density at radius 1 is 1.30 bits per heavy atom. The molecule has 0 spiro atoms. The molecule has 0 bridgehead atoms. The number of nitrogens with one attached hydrogen (secondary N) is 1.